The van der Waals surface area contributed by atoms with Crippen molar-refractivity contribution in [2.24, 2.45) is 0 Å². The number of carboxylic acids is 4. The van der Waals surface area contributed by atoms with Crippen LogP contribution in [0, 0.1) is 20.2 Å². The maximum atomic E-state index is 10.3. The van der Waals surface area contributed by atoms with Crippen LogP contribution in [0.15, 0.2) is 0 Å². The highest BCUT2D eigenvalue weighted by molar-refractivity contribution is 5.88. The Morgan fingerprint density at radius 3 is 1.69 bits per heavy atom. The minimum Gasteiger partial charge on any atom is -0.481 e. The van der Waals surface area contributed by atoms with E-state index in [2.05, 4.69) is 9.68 Å². The summed E-state index contributed by atoms with van der Waals surface area (Å²) in [6.45, 7) is -0.604. The van der Waals surface area contributed by atoms with Gasteiger partial charge in [-0.1, -0.05) is 0 Å². The summed E-state index contributed by atoms with van der Waals surface area (Å²) in [5.41, 5.74) is -2.74. The van der Waals surface area contributed by atoms with E-state index in [1.807, 2.05) is 0 Å². The second-order valence-corrected chi connectivity index (χ2v) is 5.23. The van der Waals surface area contributed by atoms with Gasteiger partial charge < -0.3 is 35.2 Å². The lowest BCUT2D eigenvalue weighted by Crippen LogP contribution is -2.42. The monoisotopic (exact) mass is 430 g/mol. The number of hydrogen-bond donors (Lipinski definition) is 5. The lowest BCUT2D eigenvalue weighted by molar-refractivity contribution is -0.790. The Kier molecular flexibility index (Phi) is 12.7. The summed E-state index contributed by atoms with van der Waals surface area (Å²) in [5.74, 6) is -6.08. The molecule has 0 bridgehead atoms. The van der Waals surface area contributed by atoms with Crippen molar-refractivity contribution in [3.63, 3.8) is 0 Å². The molecule has 0 aromatic carbocycles. The van der Waals surface area contributed by atoms with E-state index in [0.717, 1.165) is 0 Å². The average molecular weight is 430 g/mol. The van der Waals surface area contributed by atoms with E-state index in [9.17, 15) is 39.4 Å². The second kappa shape index (κ2) is 13.4. The zero-order valence-corrected chi connectivity index (χ0v) is 14.5. The van der Waals surface area contributed by atoms with Crippen molar-refractivity contribution in [1.29, 1.82) is 0 Å². The van der Waals surface area contributed by atoms with Crippen molar-refractivity contribution in [2.75, 3.05) is 6.61 Å². The van der Waals surface area contributed by atoms with Crippen LogP contribution in [-0.4, -0.2) is 77.9 Å². The van der Waals surface area contributed by atoms with Crippen LogP contribution in [0.25, 0.3) is 0 Å². The van der Waals surface area contributed by atoms with Gasteiger partial charge in [0.25, 0.3) is 10.2 Å². The van der Waals surface area contributed by atoms with E-state index in [4.69, 9.17) is 25.5 Å². The molecule has 0 spiro atoms. The third-order valence-electron chi connectivity index (χ3n) is 2.80. The quantitative estimate of drug-likeness (QED) is 0.159. The molecule has 0 unspecified atom stereocenters. The predicted molar refractivity (Wildman–Crippen MR) is 83.4 cm³/mol. The minimum atomic E-state index is -2.74. The van der Waals surface area contributed by atoms with E-state index in [1.165, 1.54) is 0 Å². The van der Waals surface area contributed by atoms with E-state index in [0.29, 0.717) is 0 Å². The Balaban J connectivity index is 0. The number of carboxylic acid groups (broad SMARTS) is 4. The first-order chi connectivity index (χ1) is 13.2. The van der Waals surface area contributed by atoms with Crippen LogP contribution in [0.3, 0.4) is 0 Å². The van der Waals surface area contributed by atoms with Crippen LogP contribution < -0.4 is 0 Å². The highest BCUT2D eigenvalue weighted by Gasteiger charge is 2.40. The van der Waals surface area contributed by atoms with E-state index in [-0.39, 0.29) is 19.3 Å². The molecule has 0 fully saturated rings. The van der Waals surface area contributed by atoms with Gasteiger partial charge in [0.15, 0.2) is 5.60 Å². The first kappa shape index (κ1) is 27.5. The zero-order chi connectivity index (χ0) is 23.2. The molecule has 1 atom stereocenters. The fraction of sp³-hybridized carbons (Fsp3) is 0.667. The van der Waals surface area contributed by atoms with Gasteiger partial charge in [0.2, 0.25) is 0 Å². The van der Waals surface area contributed by atoms with Gasteiger partial charge in [0, 0.05) is 6.42 Å². The molecule has 0 saturated heterocycles. The molecule has 0 amide bonds. The van der Waals surface area contributed by atoms with E-state index < -0.39 is 65.2 Å². The largest absolute Gasteiger partial charge is 0.481 e. The molecule has 17 heteroatoms. The van der Waals surface area contributed by atoms with E-state index in [1.54, 1.807) is 0 Å². The maximum Gasteiger partial charge on any atom is 0.336 e. The standard InChI is InChI=1S/C6H10N2O8.C6H8O7/c9-6(10)3-1-2-5(16-8(13)14)4-15-7(11)12;7-3(8)1-6(13,5(11)12)2-4(9)10/h5H,1-4H2,(H,9,10);13H,1-2H2,(H,7,8)(H,9,10)(H,11,12)/t5-;/m0./s1. The van der Waals surface area contributed by atoms with Crippen molar-refractivity contribution in [3.05, 3.63) is 20.2 Å². The Labute approximate surface area is 160 Å². The van der Waals surface area contributed by atoms with Crippen molar-refractivity contribution in [1.82, 2.24) is 0 Å². The van der Waals surface area contributed by atoms with Gasteiger partial charge >= 0.3 is 23.9 Å². The molecule has 5 N–H and O–H groups in total. The number of hydrogen-bond acceptors (Lipinski definition) is 11. The van der Waals surface area contributed by atoms with Gasteiger partial charge in [-0.15, -0.1) is 20.2 Å². The smallest absolute Gasteiger partial charge is 0.336 e. The minimum absolute atomic E-state index is 0.0128. The highest BCUT2D eigenvalue weighted by Crippen LogP contribution is 2.15. The Hall–Kier alpha value is -3.76. The number of aliphatic hydroxyl groups is 1. The predicted octanol–water partition coefficient (Wildman–Crippen LogP) is -1.22. The fourth-order valence-electron chi connectivity index (χ4n) is 1.63. The molecule has 0 heterocycles. The van der Waals surface area contributed by atoms with Crippen molar-refractivity contribution >= 4 is 23.9 Å². The van der Waals surface area contributed by atoms with Gasteiger partial charge in [-0.05, 0) is 12.8 Å². The number of nitrogens with zero attached hydrogens (tertiary/aromatic N) is 2. The van der Waals surface area contributed by atoms with Crippen LogP contribution in [0.1, 0.15) is 32.1 Å². The highest BCUT2D eigenvalue weighted by atomic mass is 17.0. The van der Waals surface area contributed by atoms with Crippen molar-refractivity contribution in [3.8, 4) is 0 Å². The van der Waals surface area contributed by atoms with Gasteiger partial charge in [-0.3, -0.25) is 14.4 Å². The zero-order valence-electron chi connectivity index (χ0n) is 14.5. The summed E-state index contributed by atoms with van der Waals surface area (Å²) >= 11 is 0. The first-order valence-corrected chi connectivity index (χ1v) is 7.39. The summed E-state index contributed by atoms with van der Waals surface area (Å²) in [6, 6.07) is 0. The molecule has 0 saturated carbocycles. The van der Waals surface area contributed by atoms with E-state index >= 15 is 0 Å². The lowest BCUT2D eigenvalue weighted by atomic mass is 9.96. The molecule has 0 aromatic heterocycles. The van der Waals surface area contributed by atoms with Gasteiger partial charge in [0.05, 0.1) is 12.8 Å². The molecule has 0 aromatic rings. The molecule has 29 heavy (non-hydrogen) atoms. The van der Waals surface area contributed by atoms with Gasteiger partial charge in [0.1, 0.15) is 12.7 Å². The number of rotatable bonds is 14. The topological polar surface area (TPSA) is 274 Å². The van der Waals surface area contributed by atoms with Crippen LogP contribution in [0.5, 0.6) is 0 Å². The molecule has 17 nitrogen and oxygen atoms in total. The molecular formula is C12H18N2O15. The van der Waals surface area contributed by atoms with Crippen molar-refractivity contribution < 1.29 is 64.6 Å². The second-order valence-electron chi connectivity index (χ2n) is 5.23. The molecule has 0 aliphatic heterocycles. The van der Waals surface area contributed by atoms with Crippen LogP contribution in [-0.2, 0) is 28.9 Å². The third-order valence-corrected chi connectivity index (χ3v) is 2.80. The Bertz CT molecular complexity index is 602. The molecular weight excluding hydrogens is 412 g/mol. The number of carbonyl (C=O) groups is 4. The van der Waals surface area contributed by atoms with Crippen LogP contribution >= 0.6 is 0 Å². The van der Waals surface area contributed by atoms with Crippen LogP contribution in [0.2, 0.25) is 0 Å². The fourth-order valence-corrected chi connectivity index (χ4v) is 1.63. The first-order valence-electron chi connectivity index (χ1n) is 7.39. The van der Waals surface area contributed by atoms with Crippen LogP contribution in [0.4, 0.5) is 0 Å². The molecule has 0 aliphatic rings. The summed E-state index contributed by atoms with van der Waals surface area (Å²) in [7, 11) is 0. The maximum absolute atomic E-state index is 10.3. The lowest BCUT2D eigenvalue weighted by Gasteiger charge is -2.18. The Morgan fingerprint density at radius 1 is 0.897 bits per heavy atom. The summed E-state index contributed by atoms with van der Waals surface area (Å²) in [5, 5.41) is 59.7. The number of aliphatic carboxylic acids is 4. The summed E-state index contributed by atoms with van der Waals surface area (Å²) in [6.07, 6.45) is -3.53. The Morgan fingerprint density at radius 2 is 1.38 bits per heavy atom. The van der Waals surface area contributed by atoms with Crippen molar-refractivity contribution in [2.45, 2.75) is 43.8 Å². The van der Waals surface area contributed by atoms with Gasteiger partial charge in [-0.2, -0.15) is 0 Å². The molecule has 0 rings (SSSR count). The van der Waals surface area contributed by atoms with Gasteiger partial charge in [-0.25, -0.2) is 4.79 Å². The SMILES string of the molecule is O=C(O)CC(O)(CC(=O)O)C(=O)O.O=C(O)CCC[C@@H](CO[N+](=O)[O-])O[N+](=O)[O-]. The summed E-state index contributed by atoms with van der Waals surface area (Å²) in [4.78, 5) is 68.5. The summed E-state index contributed by atoms with van der Waals surface area (Å²) < 4.78 is 0. The molecule has 166 valence electrons. The molecule has 0 aliphatic carbocycles. The molecule has 0 radical (unpaired) electrons. The average Bonchev–Trinajstić information content (AvgIpc) is 2.50. The third kappa shape index (κ3) is 16.2. The normalized spacial score (nSPS) is 11.2.